The van der Waals surface area contributed by atoms with Crippen LogP contribution in [0.4, 0.5) is 0 Å². The van der Waals surface area contributed by atoms with Gasteiger partial charge in [-0.3, -0.25) is 9.59 Å². The number of nitrogens with zero attached hydrogens (tertiary/aromatic N) is 1. The molecule has 0 radical (unpaired) electrons. The highest BCUT2D eigenvalue weighted by Gasteiger charge is 2.33. The molecule has 0 aromatic carbocycles. The van der Waals surface area contributed by atoms with Crippen molar-refractivity contribution in [2.45, 2.75) is 58.1 Å². The van der Waals surface area contributed by atoms with E-state index < -0.39 is 5.60 Å². The van der Waals surface area contributed by atoms with Gasteiger partial charge in [0.25, 0.3) is 0 Å². The van der Waals surface area contributed by atoms with E-state index in [4.69, 9.17) is 4.74 Å². The minimum Gasteiger partial charge on any atom is -0.460 e. The van der Waals surface area contributed by atoms with E-state index in [1.54, 1.807) is 0 Å². The van der Waals surface area contributed by atoms with Gasteiger partial charge in [-0.1, -0.05) is 0 Å². The Balaban J connectivity index is 1.80. The van der Waals surface area contributed by atoms with Crippen molar-refractivity contribution in [2.75, 3.05) is 19.6 Å². The molecule has 5 heteroatoms. The average molecular weight is 282 g/mol. The summed E-state index contributed by atoms with van der Waals surface area (Å²) < 4.78 is 5.42. The zero-order valence-corrected chi connectivity index (χ0v) is 12.8. The highest BCUT2D eigenvalue weighted by Crippen LogP contribution is 2.22. The summed E-state index contributed by atoms with van der Waals surface area (Å²) >= 11 is 0. The summed E-state index contributed by atoms with van der Waals surface area (Å²) in [6, 6.07) is -0.00641. The third-order valence-electron chi connectivity index (χ3n) is 3.91. The predicted molar refractivity (Wildman–Crippen MR) is 76.2 cm³/mol. The first-order chi connectivity index (χ1) is 9.37. The van der Waals surface area contributed by atoms with Crippen molar-refractivity contribution >= 4 is 11.9 Å². The quantitative estimate of drug-likeness (QED) is 0.776. The molecule has 0 aliphatic carbocycles. The molecule has 0 saturated carbocycles. The molecule has 1 atom stereocenters. The van der Waals surface area contributed by atoms with Crippen LogP contribution in [-0.4, -0.2) is 48.1 Å². The van der Waals surface area contributed by atoms with Gasteiger partial charge in [-0.05, 0) is 53.0 Å². The maximum Gasteiger partial charge on any atom is 0.309 e. The molecule has 1 N–H and O–H groups in total. The molecule has 2 aliphatic rings. The summed E-state index contributed by atoms with van der Waals surface area (Å²) in [5, 5.41) is 3.24. The van der Waals surface area contributed by atoms with Gasteiger partial charge in [0.05, 0.1) is 12.0 Å². The molecule has 20 heavy (non-hydrogen) atoms. The standard InChI is InChI=1S/C15H26N2O3/c1-15(2,3)20-14(19)11-6-9-17(10-7-11)13(18)12-5-4-8-16-12/h11-12,16H,4-10H2,1-3H3/t12-/m1/s1. The van der Waals surface area contributed by atoms with Gasteiger partial charge in [0.15, 0.2) is 0 Å². The molecule has 0 spiro atoms. The van der Waals surface area contributed by atoms with Gasteiger partial charge in [0.1, 0.15) is 5.60 Å². The summed E-state index contributed by atoms with van der Waals surface area (Å²) in [6.45, 7) is 7.92. The zero-order chi connectivity index (χ0) is 14.8. The van der Waals surface area contributed by atoms with Crippen LogP contribution in [0.2, 0.25) is 0 Å². The van der Waals surface area contributed by atoms with Crippen molar-refractivity contribution in [2.24, 2.45) is 5.92 Å². The maximum absolute atomic E-state index is 12.3. The first-order valence-electron chi connectivity index (χ1n) is 7.62. The number of nitrogens with one attached hydrogen (secondary N) is 1. The van der Waals surface area contributed by atoms with E-state index in [9.17, 15) is 9.59 Å². The Morgan fingerprint density at radius 3 is 2.30 bits per heavy atom. The van der Waals surface area contributed by atoms with Gasteiger partial charge in [-0.2, -0.15) is 0 Å². The molecule has 0 unspecified atom stereocenters. The lowest BCUT2D eigenvalue weighted by atomic mass is 9.96. The van der Waals surface area contributed by atoms with Crippen LogP contribution in [0.5, 0.6) is 0 Å². The number of esters is 1. The number of carbonyl (C=O) groups is 2. The monoisotopic (exact) mass is 282 g/mol. The number of rotatable bonds is 2. The SMILES string of the molecule is CC(C)(C)OC(=O)C1CCN(C(=O)[C@H]2CCCN2)CC1. The molecular weight excluding hydrogens is 256 g/mol. The molecule has 5 nitrogen and oxygen atoms in total. The smallest absolute Gasteiger partial charge is 0.309 e. The topological polar surface area (TPSA) is 58.6 Å². The van der Waals surface area contributed by atoms with Crippen molar-refractivity contribution in [3.63, 3.8) is 0 Å². The second-order valence-electron chi connectivity index (χ2n) is 6.78. The van der Waals surface area contributed by atoms with Crippen LogP contribution in [0.3, 0.4) is 0 Å². The van der Waals surface area contributed by atoms with Crippen LogP contribution in [0.1, 0.15) is 46.5 Å². The van der Waals surface area contributed by atoms with E-state index in [2.05, 4.69) is 5.32 Å². The summed E-state index contributed by atoms with van der Waals surface area (Å²) in [5.41, 5.74) is -0.433. The molecule has 2 rings (SSSR count). The number of hydrogen-bond donors (Lipinski definition) is 1. The van der Waals surface area contributed by atoms with E-state index in [-0.39, 0.29) is 23.8 Å². The van der Waals surface area contributed by atoms with Gasteiger partial charge in [-0.25, -0.2) is 0 Å². The lowest BCUT2D eigenvalue weighted by Gasteiger charge is -2.33. The van der Waals surface area contributed by atoms with Crippen LogP contribution < -0.4 is 5.32 Å². The lowest BCUT2D eigenvalue weighted by Crippen LogP contribution is -2.48. The minimum absolute atomic E-state index is 0.00641. The van der Waals surface area contributed by atoms with Gasteiger partial charge < -0.3 is 15.0 Å². The van der Waals surface area contributed by atoms with E-state index in [1.807, 2.05) is 25.7 Å². The first kappa shape index (κ1) is 15.3. The molecule has 2 saturated heterocycles. The number of piperidine rings is 1. The molecule has 0 bridgehead atoms. The second-order valence-corrected chi connectivity index (χ2v) is 6.78. The van der Waals surface area contributed by atoms with E-state index in [0.29, 0.717) is 25.9 Å². The fourth-order valence-corrected chi connectivity index (χ4v) is 2.84. The van der Waals surface area contributed by atoms with Crippen LogP contribution in [0.25, 0.3) is 0 Å². The Bertz CT molecular complexity index is 362. The van der Waals surface area contributed by atoms with Crippen molar-refractivity contribution < 1.29 is 14.3 Å². The summed E-state index contributed by atoms with van der Waals surface area (Å²) in [4.78, 5) is 26.2. The second kappa shape index (κ2) is 6.12. The van der Waals surface area contributed by atoms with Crippen LogP contribution in [0, 0.1) is 5.92 Å². The van der Waals surface area contributed by atoms with Crippen molar-refractivity contribution in [1.82, 2.24) is 10.2 Å². The lowest BCUT2D eigenvalue weighted by molar-refractivity contribution is -0.162. The molecular formula is C15H26N2O3. The minimum atomic E-state index is -0.433. The van der Waals surface area contributed by atoms with Crippen LogP contribution in [0.15, 0.2) is 0 Å². The maximum atomic E-state index is 12.3. The normalized spacial score (nSPS) is 24.8. The molecule has 0 aromatic heterocycles. The van der Waals surface area contributed by atoms with Crippen molar-refractivity contribution in [1.29, 1.82) is 0 Å². The highest BCUT2D eigenvalue weighted by atomic mass is 16.6. The Morgan fingerprint density at radius 1 is 1.15 bits per heavy atom. The summed E-state index contributed by atoms with van der Waals surface area (Å²) in [6.07, 6.45) is 3.44. The number of ether oxygens (including phenoxy) is 1. The molecule has 1 amide bonds. The van der Waals surface area contributed by atoms with E-state index >= 15 is 0 Å². The Kier molecular flexibility index (Phi) is 4.68. The largest absolute Gasteiger partial charge is 0.460 e. The fourth-order valence-electron chi connectivity index (χ4n) is 2.84. The average Bonchev–Trinajstić information content (AvgIpc) is 2.90. The van der Waals surface area contributed by atoms with Gasteiger partial charge in [-0.15, -0.1) is 0 Å². The number of likely N-dealkylation sites (tertiary alicyclic amines) is 1. The zero-order valence-electron chi connectivity index (χ0n) is 12.8. The molecule has 2 aliphatic heterocycles. The molecule has 0 aromatic rings. The highest BCUT2D eigenvalue weighted by molar-refractivity contribution is 5.82. The third kappa shape index (κ3) is 3.95. The third-order valence-corrected chi connectivity index (χ3v) is 3.91. The Labute approximate surface area is 121 Å². The Morgan fingerprint density at radius 2 is 1.80 bits per heavy atom. The number of hydrogen-bond acceptors (Lipinski definition) is 4. The number of carbonyl (C=O) groups excluding carboxylic acids is 2. The van der Waals surface area contributed by atoms with Gasteiger partial charge in [0, 0.05) is 13.1 Å². The van der Waals surface area contributed by atoms with Crippen LogP contribution in [-0.2, 0) is 14.3 Å². The molecule has 114 valence electrons. The first-order valence-corrected chi connectivity index (χ1v) is 7.62. The fraction of sp³-hybridized carbons (Fsp3) is 0.867. The number of amides is 1. The van der Waals surface area contributed by atoms with Crippen LogP contribution >= 0.6 is 0 Å². The van der Waals surface area contributed by atoms with Gasteiger partial charge in [0.2, 0.25) is 5.91 Å². The Hall–Kier alpha value is -1.10. The summed E-state index contributed by atoms with van der Waals surface area (Å²) in [7, 11) is 0. The predicted octanol–water partition coefficient (Wildman–Crippen LogP) is 1.32. The van der Waals surface area contributed by atoms with Crippen molar-refractivity contribution in [3.05, 3.63) is 0 Å². The van der Waals surface area contributed by atoms with E-state index in [1.165, 1.54) is 0 Å². The molecule has 2 heterocycles. The van der Waals surface area contributed by atoms with Crippen molar-refractivity contribution in [3.8, 4) is 0 Å². The van der Waals surface area contributed by atoms with E-state index in [0.717, 1.165) is 19.4 Å². The summed E-state index contributed by atoms with van der Waals surface area (Å²) in [5.74, 6) is 0.0172. The van der Waals surface area contributed by atoms with Gasteiger partial charge >= 0.3 is 5.97 Å². The molecule has 2 fully saturated rings.